The van der Waals surface area contributed by atoms with Gasteiger partial charge >= 0.3 is 0 Å². The van der Waals surface area contributed by atoms with Gasteiger partial charge in [-0.15, -0.1) is 0 Å². The molecule has 58 heavy (non-hydrogen) atoms. The predicted octanol–water partition coefficient (Wildman–Crippen LogP) is 1.88. The summed E-state index contributed by atoms with van der Waals surface area (Å²) in [6.07, 6.45) is 2.30. The van der Waals surface area contributed by atoms with Gasteiger partial charge in [-0.2, -0.15) is 0 Å². The molecule has 2 saturated heterocycles. The van der Waals surface area contributed by atoms with Crippen LogP contribution in [-0.2, 0) is 23.1 Å². The Labute approximate surface area is 355 Å². The second-order valence-corrected chi connectivity index (χ2v) is 27.8. The van der Waals surface area contributed by atoms with Gasteiger partial charge in [0, 0.05) is 90.9 Å². The van der Waals surface area contributed by atoms with Crippen LogP contribution in [-0.4, -0.2) is 226 Å². The van der Waals surface area contributed by atoms with Gasteiger partial charge in [0.15, 0.2) is 16.6 Å². The normalized spacial score (nSPS) is 18.5. The number of aliphatic hydroxyl groups excluding tert-OH is 4. The molecule has 15 nitrogen and oxygen atoms in total. The summed E-state index contributed by atoms with van der Waals surface area (Å²) in [4.78, 5) is 9.10. The van der Waals surface area contributed by atoms with Gasteiger partial charge < -0.3 is 59.0 Å². The number of hydrogen-bond donors (Lipinski definition) is 6. The van der Waals surface area contributed by atoms with Crippen LogP contribution in [0.5, 0.6) is 0 Å². The van der Waals surface area contributed by atoms with E-state index in [2.05, 4.69) is 70.3 Å². The lowest BCUT2D eigenvalue weighted by atomic mass is 9.96. The van der Waals surface area contributed by atoms with Crippen LogP contribution >= 0.6 is 0 Å². The number of hydrogen-bond acceptors (Lipinski definition) is 15. The van der Waals surface area contributed by atoms with E-state index in [1.165, 1.54) is 0 Å². The van der Waals surface area contributed by atoms with E-state index >= 15 is 0 Å². The topological polar surface area (TPSA) is 164 Å². The minimum absolute atomic E-state index is 0.196. The Kier molecular flexibility index (Phi) is 27.9. The highest BCUT2D eigenvalue weighted by atomic mass is 28.4. The van der Waals surface area contributed by atoms with Crippen LogP contribution in [0.25, 0.3) is 0 Å². The van der Waals surface area contributed by atoms with Gasteiger partial charge in [0.1, 0.15) is 0 Å². The maximum absolute atomic E-state index is 11.0. The number of likely N-dealkylation sites (N-methyl/N-ethyl adjacent to an activating group) is 1. The summed E-state index contributed by atoms with van der Waals surface area (Å²) < 4.78 is 30.3. The van der Waals surface area contributed by atoms with Crippen molar-refractivity contribution in [3.8, 4) is 0 Å². The van der Waals surface area contributed by atoms with Crippen molar-refractivity contribution in [3.05, 3.63) is 0 Å². The second kappa shape index (κ2) is 30.0. The van der Waals surface area contributed by atoms with Gasteiger partial charge in [-0.1, -0.05) is 20.8 Å². The molecule has 0 saturated carbocycles. The van der Waals surface area contributed by atoms with Crippen LogP contribution < -0.4 is 10.6 Å². The molecule has 0 aliphatic carbocycles. The minimum atomic E-state index is -1.87. The molecule has 2 rings (SSSR count). The first-order valence-electron chi connectivity index (χ1n) is 22.5. The fourth-order valence-electron chi connectivity index (χ4n) is 7.62. The average molecular weight is 867 g/mol. The van der Waals surface area contributed by atoms with E-state index in [0.29, 0.717) is 59.1 Å². The summed E-state index contributed by atoms with van der Waals surface area (Å²) in [7, 11) is -1.64. The average Bonchev–Trinajstić information content (AvgIpc) is 3.85. The molecule has 4 atom stereocenters. The molecule has 0 radical (unpaired) electrons. The van der Waals surface area contributed by atoms with Crippen molar-refractivity contribution in [2.45, 2.75) is 116 Å². The van der Waals surface area contributed by atoms with Crippen LogP contribution in [0.1, 0.15) is 52.9 Å². The van der Waals surface area contributed by atoms with Crippen LogP contribution in [0.2, 0.25) is 38.3 Å². The molecule has 2 aliphatic heterocycles. The van der Waals surface area contributed by atoms with Crippen molar-refractivity contribution in [2.24, 2.45) is 5.41 Å². The maximum Gasteiger partial charge on any atom is 0.173 e. The lowest BCUT2D eigenvalue weighted by molar-refractivity contribution is -0.0545. The number of ether oxygens (including phenoxy) is 4. The van der Waals surface area contributed by atoms with E-state index < -0.39 is 34.9 Å². The van der Waals surface area contributed by atoms with E-state index in [0.717, 1.165) is 103 Å². The monoisotopic (exact) mass is 867 g/mol. The molecule has 2 heterocycles. The summed E-state index contributed by atoms with van der Waals surface area (Å²) in [6.45, 7) is 29.8. The Morgan fingerprint density at radius 2 is 1.09 bits per heavy atom. The predicted molar refractivity (Wildman–Crippen MR) is 238 cm³/mol. The van der Waals surface area contributed by atoms with Gasteiger partial charge in [0.25, 0.3) is 0 Å². The van der Waals surface area contributed by atoms with Crippen LogP contribution in [0.15, 0.2) is 0 Å². The highest BCUT2D eigenvalue weighted by Crippen LogP contribution is 2.24. The molecule has 0 amide bonds. The van der Waals surface area contributed by atoms with E-state index in [1.807, 2.05) is 14.0 Å². The summed E-state index contributed by atoms with van der Waals surface area (Å²) in [5, 5.41) is 48.9. The Balaban J connectivity index is 1.66. The van der Waals surface area contributed by atoms with E-state index in [4.69, 9.17) is 23.1 Å². The fourth-order valence-corrected chi connectivity index (χ4v) is 16.4. The van der Waals surface area contributed by atoms with Gasteiger partial charge in [-0.05, 0) is 90.5 Å². The largest absolute Gasteiger partial charge is 0.455 e. The fraction of sp³-hybridized carbons (Fsp3) is 1.00. The van der Waals surface area contributed by atoms with Crippen molar-refractivity contribution < 1.29 is 43.5 Å². The quantitative estimate of drug-likeness (QED) is 0.0396. The van der Waals surface area contributed by atoms with Crippen molar-refractivity contribution in [1.29, 1.82) is 0 Å². The van der Waals surface area contributed by atoms with E-state index in [1.54, 1.807) is 0 Å². The maximum atomic E-state index is 11.0. The first-order chi connectivity index (χ1) is 27.5. The Morgan fingerprint density at radius 3 is 1.55 bits per heavy atom. The SMILES string of the molecule is CCC(O)COCCC[Si](C)(C)O[Si](C)(C)CCCOCC(O)CN(CCCN1CCNC1)CC(O)COCC(C)(C)COCC(O)CN(C)CCCN1CCNC1. The molecular weight excluding hydrogens is 777 g/mol. The zero-order chi connectivity index (χ0) is 42.9. The summed E-state index contributed by atoms with van der Waals surface area (Å²) in [5.74, 6) is 0. The molecule has 4 unspecified atom stereocenters. The summed E-state index contributed by atoms with van der Waals surface area (Å²) in [5.41, 5.74) is -0.275. The van der Waals surface area contributed by atoms with Crippen molar-refractivity contribution >= 4 is 16.6 Å². The molecule has 0 aromatic rings. The third-order valence-electron chi connectivity index (χ3n) is 10.7. The number of aliphatic hydroxyl groups is 4. The number of nitrogens with zero attached hydrogens (tertiary/aromatic N) is 4. The van der Waals surface area contributed by atoms with Crippen molar-refractivity contribution in [3.63, 3.8) is 0 Å². The Bertz CT molecular complexity index is 1020. The van der Waals surface area contributed by atoms with Crippen molar-refractivity contribution in [2.75, 3.05) is 145 Å². The first kappa shape index (κ1) is 54.0. The molecule has 346 valence electrons. The third kappa shape index (κ3) is 27.7. The third-order valence-corrected chi connectivity index (χ3v) is 18.2. The number of rotatable bonds is 37. The van der Waals surface area contributed by atoms with Gasteiger partial charge in [0.2, 0.25) is 0 Å². The Morgan fingerprint density at radius 1 is 0.638 bits per heavy atom. The van der Waals surface area contributed by atoms with Crippen LogP contribution in [0, 0.1) is 5.41 Å². The van der Waals surface area contributed by atoms with Gasteiger partial charge in [-0.25, -0.2) is 0 Å². The standard InChI is InChI=1S/C41H90N6O9Si2/c1-9-37(48)29-52-22-12-24-57(5,6)56-58(7,8)25-13-23-53-30-39(50)27-47(19-11-18-46-21-15-43-36-46)28-40(51)32-55-34-41(2,3)33-54-31-38(49)26-44(4)16-10-17-45-20-14-42-35-45/h37-40,42-43,48-51H,9-36H2,1-8H3. The molecule has 0 bridgehead atoms. The van der Waals surface area contributed by atoms with E-state index in [9.17, 15) is 20.4 Å². The molecule has 2 aliphatic rings. The number of nitrogens with one attached hydrogen (secondary N) is 2. The van der Waals surface area contributed by atoms with Crippen LogP contribution in [0.3, 0.4) is 0 Å². The smallest absolute Gasteiger partial charge is 0.173 e. The Hall–Kier alpha value is -0.166. The highest BCUT2D eigenvalue weighted by molar-refractivity contribution is 6.84. The molecule has 2 fully saturated rings. The molecular formula is C41H90N6O9Si2. The minimum Gasteiger partial charge on any atom is -0.455 e. The molecule has 0 aromatic heterocycles. The molecule has 0 aromatic carbocycles. The zero-order valence-electron chi connectivity index (χ0n) is 38.2. The second-order valence-electron chi connectivity index (χ2n) is 19.0. The van der Waals surface area contributed by atoms with Crippen molar-refractivity contribution in [1.82, 2.24) is 30.2 Å². The van der Waals surface area contributed by atoms with Gasteiger partial charge in [0.05, 0.1) is 64.1 Å². The zero-order valence-corrected chi connectivity index (χ0v) is 40.2. The lowest BCUT2D eigenvalue weighted by Crippen LogP contribution is -2.44. The summed E-state index contributed by atoms with van der Waals surface area (Å²) in [6, 6.07) is 2.04. The first-order valence-corrected chi connectivity index (χ1v) is 28.7. The molecule has 6 N–H and O–H groups in total. The lowest BCUT2D eigenvalue weighted by Gasteiger charge is -2.34. The molecule has 17 heteroatoms. The van der Waals surface area contributed by atoms with Crippen LogP contribution in [0.4, 0.5) is 0 Å². The van der Waals surface area contributed by atoms with Gasteiger partial charge in [-0.3, -0.25) is 14.7 Å². The highest BCUT2D eigenvalue weighted by Gasteiger charge is 2.32. The molecule has 0 spiro atoms. The summed E-state index contributed by atoms with van der Waals surface area (Å²) >= 11 is 0. The van der Waals surface area contributed by atoms with E-state index in [-0.39, 0.29) is 31.3 Å².